The maximum absolute atomic E-state index is 12.5. The van der Waals surface area contributed by atoms with Crippen LogP contribution >= 0.6 is 0 Å². The summed E-state index contributed by atoms with van der Waals surface area (Å²) in [6.45, 7) is 2.00. The standard InChI is InChI=1S/C17H23N3O2/c1-20(2)16(22)12-5-3-4-6-14(12)19-15(21)13-11-17(13)7-9-18-10-8-17/h3-6,13,18H,7-11H2,1-2H3,(H,19,21). The molecule has 0 bridgehead atoms. The molecule has 118 valence electrons. The molecule has 2 amide bonds. The van der Waals surface area contributed by atoms with E-state index in [1.165, 1.54) is 4.90 Å². The molecule has 22 heavy (non-hydrogen) atoms. The van der Waals surface area contributed by atoms with Crippen molar-refractivity contribution < 1.29 is 9.59 Å². The highest BCUT2D eigenvalue weighted by Gasteiger charge is 2.57. The number of carbonyl (C=O) groups excluding carboxylic acids is 2. The van der Waals surface area contributed by atoms with Gasteiger partial charge in [-0.25, -0.2) is 0 Å². The molecular formula is C17H23N3O2. The summed E-state index contributed by atoms with van der Waals surface area (Å²) in [5, 5.41) is 6.32. The summed E-state index contributed by atoms with van der Waals surface area (Å²) in [5.41, 5.74) is 1.36. The minimum Gasteiger partial charge on any atom is -0.345 e. The number of carbonyl (C=O) groups is 2. The average molecular weight is 301 g/mol. The monoisotopic (exact) mass is 301 g/mol. The number of rotatable bonds is 3. The Hall–Kier alpha value is -1.88. The van der Waals surface area contributed by atoms with Crippen molar-refractivity contribution in [1.29, 1.82) is 0 Å². The van der Waals surface area contributed by atoms with Crippen molar-refractivity contribution in [3.63, 3.8) is 0 Å². The van der Waals surface area contributed by atoms with Crippen LogP contribution in [-0.2, 0) is 4.79 Å². The summed E-state index contributed by atoms with van der Waals surface area (Å²) in [7, 11) is 3.43. The molecule has 1 saturated heterocycles. The Bertz CT molecular complexity index is 591. The van der Waals surface area contributed by atoms with Crippen LogP contribution in [0.4, 0.5) is 5.69 Å². The molecule has 1 aliphatic heterocycles. The van der Waals surface area contributed by atoms with Gasteiger partial charge in [0, 0.05) is 20.0 Å². The zero-order chi connectivity index (χ0) is 15.7. The van der Waals surface area contributed by atoms with Gasteiger partial charge in [-0.1, -0.05) is 12.1 Å². The first-order valence-electron chi connectivity index (χ1n) is 7.86. The maximum atomic E-state index is 12.5. The van der Waals surface area contributed by atoms with Gasteiger partial charge < -0.3 is 15.5 Å². The Morgan fingerprint density at radius 1 is 1.23 bits per heavy atom. The predicted octanol–water partition coefficient (Wildman–Crippen LogP) is 1.72. The van der Waals surface area contributed by atoms with Gasteiger partial charge in [-0.2, -0.15) is 0 Å². The van der Waals surface area contributed by atoms with E-state index in [1.54, 1.807) is 26.2 Å². The van der Waals surface area contributed by atoms with Crippen LogP contribution in [-0.4, -0.2) is 43.9 Å². The van der Waals surface area contributed by atoms with Gasteiger partial charge >= 0.3 is 0 Å². The molecule has 2 fully saturated rings. The third-order valence-electron chi connectivity index (χ3n) is 4.93. The molecule has 1 aromatic carbocycles. The Morgan fingerprint density at radius 2 is 1.91 bits per heavy atom. The van der Waals surface area contributed by atoms with E-state index in [0.29, 0.717) is 11.3 Å². The highest BCUT2D eigenvalue weighted by atomic mass is 16.2. The van der Waals surface area contributed by atoms with Gasteiger partial charge in [-0.05, 0) is 49.9 Å². The van der Waals surface area contributed by atoms with Crippen LogP contribution in [0, 0.1) is 11.3 Å². The Kier molecular flexibility index (Phi) is 3.91. The SMILES string of the molecule is CN(C)C(=O)c1ccccc1NC(=O)C1CC12CCNCC2. The lowest BCUT2D eigenvalue weighted by molar-refractivity contribution is -0.118. The largest absolute Gasteiger partial charge is 0.345 e. The molecule has 0 radical (unpaired) electrons. The molecule has 1 spiro atoms. The van der Waals surface area contributed by atoms with Crippen molar-refractivity contribution in [2.24, 2.45) is 11.3 Å². The van der Waals surface area contributed by atoms with Gasteiger partial charge in [0.15, 0.2) is 0 Å². The van der Waals surface area contributed by atoms with E-state index in [0.717, 1.165) is 32.4 Å². The van der Waals surface area contributed by atoms with E-state index < -0.39 is 0 Å². The zero-order valence-corrected chi connectivity index (χ0v) is 13.2. The van der Waals surface area contributed by atoms with Crippen LogP contribution < -0.4 is 10.6 Å². The fourth-order valence-corrected chi connectivity index (χ4v) is 3.44. The van der Waals surface area contributed by atoms with Crippen LogP contribution in [0.15, 0.2) is 24.3 Å². The molecule has 2 aliphatic rings. The first-order chi connectivity index (χ1) is 10.5. The van der Waals surface area contributed by atoms with Crippen molar-refractivity contribution in [1.82, 2.24) is 10.2 Å². The first kappa shape index (κ1) is 15.0. The maximum Gasteiger partial charge on any atom is 0.255 e. The van der Waals surface area contributed by atoms with E-state index in [2.05, 4.69) is 10.6 Å². The number of piperidine rings is 1. The smallest absolute Gasteiger partial charge is 0.255 e. The molecule has 1 aromatic rings. The van der Waals surface area contributed by atoms with E-state index in [-0.39, 0.29) is 23.1 Å². The number of amides is 2. The zero-order valence-electron chi connectivity index (χ0n) is 13.2. The molecule has 2 N–H and O–H groups in total. The molecule has 5 nitrogen and oxygen atoms in total. The number of nitrogens with one attached hydrogen (secondary N) is 2. The molecule has 5 heteroatoms. The van der Waals surface area contributed by atoms with E-state index in [9.17, 15) is 9.59 Å². The lowest BCUT2D eigenvalue weighted by Gasteiger charge is -2.23. The summed E-state index contributed by atoms with van der Waals surface area (Å²) in [6, 6.07) is 7.21. The summed E-state index contributed by atoms with van der Waals surface area (Å²) in [6.07, 6.45) is 3.12. The van der Waals surface area contributed by atoms with E-state index in [1.807, 2.05) is 12.1 Å². The molecule has 1 heterocycles. The number of nitrogens with zero attached hydrogens (tertiary/aromatic N) is 1. The van der Waals surface area contributed by atoms with Gasteiger partial charge in [-0.3, -0.25) is 9.59 Å². The van der Waals surface area contributed by atoms with Crippen LogP contribution in [0.1, 0.15) is 29.6 Å². The lowest BCUT2D eigenvalue weighted by atomic mass is 9.91. The van der Waals surface area contributed by atoms with E-state index >= 15 is 0 Å². The third kappa shape index (κ3) is 2.73. The van der Waals surface area contributed by atoms with Gasteiger partial charge in [-0.15, -0.1) is 0 Å². The number of para-hydroxylation sites is 1. The molecule has 1 aliphatic carbocycles. The first-order valence-corrected chi connectivity index (χ1v) is 7.86. The van der Waals surface area contributed by atoms with Crippen molar-refractivity contribution in [2.45, 2.75) is 19.3 Å². The highest BCUT2D eigenvalue weighted by Crippen LogP contribution is 2.58. The summed E-state index contributed by atoms with van der Waals surface area (Å²) in [5.74, 6) is 0.0568. The van der Waals surface area contributed by atoms with Gasteiger partial charge in [0.2, 0.25) is 5.91 Å². The number of hydrogen-bond donors (Lipinski definition) is 2. The van der Waals surface area contributed by atoms with Crippen LogP contribution in [0.2, 0.25) is 0 Å². The third-order valence-corrected chi connectivity index (χ3v) is 4.93. The van der Waals surface area contributed by atoms with Crippen LogP contribution in [0.25, 0.3) is 0 Å². The van der Waals surface area contributed by atoms with Crippen molar-refractivity contribution in [3.05, 3.63) is 29.8 Å². The second-order valence-electron chi connectivity index (χ2n) is 6.60. The number of hydrogen-bond acceptors (Lipinski definition) is 3. The predicted molar refractivity (Wildman–Crippen MR) is 85.7 cm³/mol. The van der Waals surface area contributed by atoms with Crippen LogP contribution in [0.3, 0.4) is 0 Å². The van der Waals surface area contributed by atoms with E-state index in [4.69, 9.17) is 0 Å². The van der Waals surface area contributed by atoms with Gasteiger partial charge in [0.25, 0.3) is 5.91 Å². The summed E-state index contributed by atoms with van der Waals surface area (Å²) in [4.78, 5) is 26.3. The van der Waals surface area contributed by atoms with Gasteiger partial charge in [0.1, 0.15) is 0 Å². The quantitative estimate of drug-likeness (QED) is 0.893. The topological polar surface area (TPSA) is 61.4 Å². The normalized spacial score (nSPS) is 22.2. The molecular weight excluding hydrogens is 278 g/mol. The Balaban J connectivity index is 1.71. The Morgan fingerprint density at radius 3 is 2.59 bits per heavy atom. The fraction of sp³-hybridized carbons (Fsp3) is 0.529. The van der Waals surface area contributed by atoms with Gasteiger partial charge in [0.05, 0.1) is 11.3 Å². The fourth-order valence-electron chi connectivity index (χ4n) is 3.44. The second kappa shape index (κ2) is 5.72. The number of benzene rings is 1. The minimum absolute atomic E-state index is 0.0564. The molecule has 3 rings (SSSR count). The molecule has 1 saturated carbocycles. The van der Waals surface area contributed by atoms with Crippen molar-refractivity contribution >= 4 is 17.5 Å². The molecule has 1 atom stereocenters. The molecule has 0 aromatic heterocycles. The lowest BCUT2D eigenvalue weighted by Crippen LogP contribution is -2.32. The highest BCUT2D eigenvalue weighted by molar-refractivity contribution is 6.04. The van der Waals surface area contributed by atoms with Crippen molar-refractivity contribution in [3.8, 4) is 0 Å². The Labute approximate surface area is 131 Å². The average Bonchev–Trinajstić information content (AvgIpc) is 3.21. The number of anilines is 1. The summed E-state index contributed by atoms with van der Waals surface area (Å²) >= 11 is 0. The van der Waals surface area contributed by atoms with Crippen molar-refractivity contribution in [2.75, 3.05) is 32.5 Å². The minimum atomic E-state index is -0.0942. The second-order valence-corrected chi connectivity index (χ2v) is 6.60. The van der Waals surface area contributed by atoms with Crippen LogP contribution in [0.5, 0.6) is 0 Å². The summed E-state index contributed by atoms with van der Waals surface area (Å²) < 4.78 is 0. The molecule has 1 unspecified atom stereocenters.